The SMILES string of the molecule is [CH]1CCCCCCCNNCCCC1. The van der Waals surface area contributed by atoms with Crippen LogP contribution in [0.4, 0.5) is 0 Å². The molecular weight excluding hydrogens is 172 g/mol. The predicted octanol–water partition coefficient (Wildman–Crippen LogP) is 2.81. The summed E-state index contributed by atoms with van der Waals surface area (Å²) < 4.78 is 0. The third-order valence-electron chi connectivity index (χ3n) is 2.80. The van der Waals surface area contributed by atoms with Crippen LogP contribution in [0.1, 0.15) is 57.8 Å². The lowest BCUT2D eigenvalue weighted by Gasteiger charge is -2.08. The van der Waals surface area contributed by atoms with E-state index in [4.69, 9.17) is 0 Å². The number of rotatable bonds is 0. The van der Waals surface area contributed by atoms with Gasteiger partial charge >= 0.3 is 0 Å². The van der Waals surface area contributed by atoms with Crippen molar-refractivity contribution in [3.05, 3.63) is 6.42 Å². The van der Waals surface area contributed by atoms with E-state index in [2.05, 4.69) is 17.3 Å². The van der Waals surface area contributed by atoms with E-state index in [9.17, 15) is 0 Å². The first-order valence-corrected chi connectivity index (χ1v) is 6.27. The molecule has 1 aliphatic heterocycles. The maximum absolute atomic E-state index is 3.28. The maximum atomic E-state index is 3.28. The molecule has 1 heterocycles. The second kappa shape index (κ2) is 9.47. The van der Waals surface area contributed by atoms with Crippen LogP contribution < -0.4 is 10.9 Å². The van der Waals surface area contributed by atoms with Crippen molar-refractivity contribution in [2.45, 2.75) is 57.8 Å². The van der Waals surface area contributed by atoms with E-state index < -0.39 is 0 Å². The summed E-state index contributed by atoms with van der Waals surface area (Å²) in [6.45, 7) is 2.25. The number of nitrogens with one attached hydrogen (secondary N) is 2. The molecule has 2 N–H and O–H groups in total. The van der Waals surface area contributed by atoms with Gasteiger partial charge in [0.05, 0.1) is 0 Å². The second-order valence-corrected chi connectivity index (χ2v) is 4.19. The van der Waals surface area contributed by atoms with Gasteiger partial charge in [-0.25, -0.2) is 0 Å². The molecule has 0 saturated carbocycles. The molecule has 14 heavy (non-hydrogen) atoms. The zero-order chi connectivity index (χ0) is 9.90. The topological polar surface area (TPSA) is 24.1 Å². The predicted molar refractivity (Wildman–Crippen MR) is 61.9 cm³/mol. The van der Waals surface area contributed by atoms with E-state index in [1.165, 1.54) is 57.8 Å². The zero-order valence-corrected chi connectivity index (χ0v) is 9.36. The van der Waals surface area contributed by atoms with Gasteiger partial charge in [-0.2, -0.15) is 0 Å². The lowest BCUT2D eigenvalue weighted by atomic mass is 10.1. The second-order valence-electron chi connectivity index (χ2n) is 4.19. The summed E-state index contributed by atoms with van der Waals surface area (Å²) >= 11 is 0. The quantitative estimate of drug-likeness (QED) is 0.624. The molecule has 1 rings (SSSR count). The van der Waals surface area contributed by atoms with Gasteiger partial charge < -0.3 is 0 Å². The highest BCUT2D eigenvalue weighted by Gasteiger charge is 1.95. The van der Waals surface area contributed by atoms with Crippen molar-refractivity contribution in [2.24, 2.45) is 0 Å². The fourth-order valence-electron chi connectivity index (χ4n) is 1.86. The van der Waals surface area contributed by atoms with Crippen LogP contribution in [-0.4, -0.2) is 13.1 Å². The zero-order valence-electron chi connectivity index (χ0n) is 9.36. The summed E-state index contributed by atoms with van der Waals surface area (Å²) in [5, 5.41) is 0. The molecule has 2 nitrogen and oxygen atoms in total. The minimum Gasteiger partial charge on any atom is -0.258 e. The van der Waals surface area contributed by atoms with Gasteiger partial charge in [-0.15, -0.1) is 0 Å². The highest BCUT2D eigenvalue weighted by atomic mass is 15.3. The molecule has 1 aliphatic rings. The van der Waals surface area contributed by atoms with Gasteiger partial charge in [0, 0.05) is 13.1 Å². The van der Waals surface area contributed by atoms with Crippen molar-refractivity contribution in [3.63, 3.8) is 0 Å². The van der Waals surface area contributed by atoms with Gasteiger partial charge in [-0.1, -0.05) is 44.9 Å². The summed E-state index contributed by atoms with van der Waals surface area (Å²) in [4.78, 5) is 0. The molecule has 0 aromatic heterocycles. The molecule has 0 aliphatic carbocycles. The maximum Gasteiger partial charge on any atom is 0.00997 e. The molecule has 1 radical (unpaired) electrons. The summed E-state index contributed by atoms with van der Waals surface area (Å²) in [5.74, 6) is 0. The Morgan fingerprint density at radius 1 is 0.571 bits per heavy atom. The number of hydrogen-bond acceptors (Lipinski definition) is 2. The molecule has 1 fully saturated rings. The molecule has 83 valence electrons. The monoisotopic (exact) mass is 197 g/mol. The summed E-state index contributed by atoms with van der Waals surface area (Å²) in [6.07, 6.45) is 14.7. The van der Waals surface area contributed by atoms with Crippen LogP contribution in [0.3, 0.4) is 0 Å². The molecule has 0 atom stereocenters. The molecule has 2 heteroatoms. The molecule has 1 saturated heterocycles. The Morgan fingerprint density at radius 3 is 1.86 bits per heavy atom. The molecule has 0 aromatic rings. The first-order chi connectivity index (χ1) is 7.00. The minimum absolute atomic E-state index is 1.12. The first kappa shape index (κ1) is 12.0. The van der Waals surface area contributed by atoms with Gasteiger partial charge in [0.1, 0.15) is 0 Å². The third kappa shape index (κ3) is 7.34. The van der Waals surface area contributed by atoms with Crippen molar-refractivity contribution < 1.29 is 0 Å². The van der Waals surface area contributed by atoms with Crippen LogP contribution in [0.2, 0.25) is 0 Å². The smallest absolute Gasteiger partial charge is 0.00997 e. The van der Waals surface area contributed by atoms with Gasteiger partial charge in [0.2, 0.25) is 0 Å². The Labute approximate surface area is 88.8 Å². The Morgan fingerprint density at radius 2 is 1.07 bits per heavy atom. The molecule has 0 amide bonds. The van der Waals surface area contributed by atoms with Crippen molar-refractivity contribution in [1.29, 1.82) is 0 Å². The first-order valence-electron chi connectivity index (χ1n) is 6.27. The van der Waals surface area contributed by atoms with Gasteiger partial charge in [0.15, 0.2) is 0 Å². The molecule has 0 spiro atoms. The average molecular weight is 197 g/mol. The molecule has 0 unspecified atom stereocenters. The summed E-state index contributed by atoms with van der Waals surface area (Å²) in [7, 11) is 0. The van der Waals surface area contributed by atoms with Crippen LogP contribution in [0, 0.1) is 6.42 Å². The van der Waals surface area contributed by atoms with E-state index in [-0.39, 0.29) is 0 Å². The van der Waals surface area contributed by atoms with E-state index >= 15 is 0 Å². The Hall–Kier alpha value is -0.0800. The fraction of sp³-hybridized carbons (Fsp3) is 0.917. The largest absolute Gasteiger partial charge is 0.258 e. The average Bonchev–Trinajstić information content (AvgIpc) is 2.22. The summed E-state index contributed by atoms with van der Waals surface area (Å²) in [6, 6.07) is 0. The summed E-state index contributed by atoms with van der Waals surface area (Å²) in [5.41, 5.74) is 6.55. The van der Waals surface area contributed by atoms with Crippen molar-refractivity contribution in [2.75, 3.05) is 13.1 Å². The van der Waals surface area contributed by atoms with Gasteiger partial charge in [0.25, 0.3) is 0 Å². The molecule has 0 aromatic carbocycles. The Kier molecular flexibility index (Phi) is 8.12. The van der Waals surface area contributed by atoms with Crippen molar-refractivity contribution in [3.8, 4) is 0 Å². The van der Waals surface area contributed by atoms with Crippen LogP contribution in [0.15, 0.2) is 0 Å². The van der Waals surface area contributed by atoms with E-state index in [1.54, 1.807) is 0 Å². The van der Waals surface area contributed by atoms with Gasteiger partial charge in [-0.3, -0.25) is 10.9 Å². The number of hydrogen-bond donors (Lipinski definition) is 2. The van der Waals surface area contributed by atoms with E-state index in [1.807, 2.05) is 0 Å². The standard InChI is InChI=1S/C12H25N2/c1-2-4-6-8-10-12-14-13-11-9-7-5-3-1/h3,13-14H,1-2,4-12H2. The van der Waals surface area contributed by atoms with Crippen molar-refractivity contribution in [1.82, 2.24) is 10.9 Å². The van der Waals surface area contributed by atoms with Crippen molar-refractivity contribution >= 4 is 0 Å². The normalized spacial score (nSPS) is 24.0. The highest BCUT2D eigenvalue weighted by Crippen LogP contribution is 2.09. The third-order valence-corrected chi connectivity index (χ3v) is 2.80. The van der Waals surface area contributed by atoms with Gasteiger partial charge in [-0.05, 0) is 19.3 Å². The van der Waals surface area contributed by atoms with E-state index in [0.717, 1.165) is 13.1 Å². The Bertz CT molecular complexity index is 61.6. The minimum atomic E-state index is 1.12. The van der Waals surface area contributed by atoms with Crippen LogP contribution in [0.5, 0.6) is 0 Å². The fourth-order valence-corrected chi connectivity index (χ4v) is 1.86. The number of hydrazine groups is 1. The molecule has 0 bridgehead atoms. The van der Waals surface area contributed by atoms with Crippen LogP contribution in [0.25, 0.3) is 0 Å². The Balaban J connectivity index is 2.00. The van der Waals surface area contributed by atoms with Crippen LogP contribution in [-0.2, 0) is 0 Å². The molecular formula is C12H25N2. The highest BCUT2D eigenvalue weighted by molar-refractivity contribution is 4.65. The lowest BCUT2D eigenvalue weighted by Crippen LogP contribution is -2.33. The lowest BCUT2D eigenvalue weighted by molar-refractivity contribution is 0.482. The van der Waals surface area contributed by atoms with E-state index in [0.29, 0.717) is 0 Å². The van der Waals surface area contributed by atoms with Crippen LogP contribution >= 0.6 is 0 Å².